The Morgan fingerprint density at radius 1 is 1.25 bits per heavy atom. The van der Waals surface area contributed by atoms with Crippen LogP contribution in [0, 0.1) is 0 Å². The normalized spacial score (nSPS) is 30.6. The van der Waals surface area contributed by atoms with Crippen molar-refractivity contribution in [3.8, 4) is 0 Å². The van der Waals surface area contributed by atoms with Gasteiger partial charge in [0.25, 0.3) is 0 Å². The SMILES string of the molecule is CCCCC1(CC)CC(NCCC)CCO1. The molecule has 1 rings (SSSR count). The third kappa shape index (κ3) is 4.06. The number of unbranched alkanes of at least 4 members (excludes halogenated alkanes) is 1. The Bertz CT molecular complexity index is 184. The molecule has 1 saturated heterocycles. The van der Waals surface area contributed by atoms with Gasteiger partial charge < -0.3 is 10.1 Å². The van der Waals surface area contributed by atoms with Crippen LogP contribution < -0.4 is 5.32 Å². The van der Waals surface area contributed by atoms with Gasteiger partial charge in [0.1, 0.15) is 0 Å². The van der Waals surface area contributed by atoms with Crippen LogP contribution in [0.15, 0.2) is 0 Å². The molecular formula is C14H29NO. The molecule has 1 aliphatic heterocycles. The van der Waals surface area contributed by atoms with E-state index in [1.807, 2.05) is 0 Å². The first-order valence-corrected chi connectivity index (χ1v) is 7.13. The molecule has 0 bridgehead atoms. The molecule has 0 saturated carbocycles. The Balaban J connectivity index is 2.43. The summed E-state index contributed by atoms with van der Waals surface area (Å²) in [6.45, 7) is 8.87. The minimum Gasteiger partial charge on any atom is -0.375 e. The number of nitrogens with one attached hydrogen (secondary N) is 1. The van der Waals surface area contributed by atoms with Crippen LogP contribution in [0.2, 0.25) is 0 Å². The van der Waals surface area contributed by atoms with Crippen molar-refractivity contribution in [2.45, 2.75) is 77.4 Å². The Kier molecular flexibility index (Phi) is 6.37. The summed E-state index contributed by atoms with van der Waals surface area (Å²) in [5.74, 6) is 0. The van der Waals surface area contributed by atoms with Crippen molar-refractivity contribution < 1.29 is 4.74 Å². The fourth-order valence-corrected chi connectivity index (χ4v) is 2.65. The molecule has 1 aliphatic rings. The predicted molar refractivity (Wildman–Crippen MR) is 69.8 cm³/mol. The largest absolute Gasteiger partial charge is 0.375 e. The Morgan fingerprint density at radius 2 is 2.06 bits per heavy atom. The van der Waals surface area contributed by atoms with Crippen molar-refractivity contribution >= 4 is 0 Å². The summed E-state index contributed by atoms with van der Waals surface area (Å²) in [6, 6.07) is 0.686. The number of ether oxygens (including phenoxy) is 1. The first-order valence-electron chi connectivity index (χ1n) is 7.13. The van der Waals surface area contributed by atoms with Gasteiger partial charge >= 0.3 is 0 Å². The molecule has 1 heterocycles. The molecule has 16 heavy (non-hydrogen) atoms. The zero-order chi connectivity index (χ0) is 11.9. The van der Waals surface area contributed by atoms with E-state index in [9.17, 15) is 0 Å². The molecule has 1 N–H and O–H groups in total. The second-order valence-corrected chi connectivity index (χ2v) is 5.13. The molecule has 0 aromatic heterocycles. The fourth-order valence-electron chi connectivity index (χ4n) is 2.65. The molecule has 1 fully saturated rings. The van der Waals surface area contributed by atoms with Gasteiger partial charge in [-0.25, -0.2) is 0 Å². The monoisotopic (exact) mass is 227 g/mol. The minimum atomic E-state index is 0.180. The molecule has 2 nitrogen and oxygen atoms in total. The van der Waals surface area contributed by atoms with Crippen LogP contribution >= 0.6 is 0 Å². The van der Waals surface area contributed by atoms with Gasteiger partial charge in [-0.15, -0.1) is 0 Å². The van der Waals surface area contributed by atoms with Gasteiger partial charge in [0.2, 0.25) is 0 Å². The van der Waals surface area contributed by atoms with Crippen molar-refractivity contribution in [3.05, 3.63) is 0 Å². The van der Waals surface area contributed by atoms with E-state index in [0.29, 0.717) is 6.04 Å². The average molecular weight is 227 g/mol. The van der Waals surface area contributed by atoms with Crippen molar-refractivity contribution in [1.82, 2.24) is 5.32 Å². The lowest BCUT2D eigenvalue weighted by Gasteiger charge is -2.41. The summed E-state index contributed by atoms with van der Waals surface area (Å²) in [4.78, 5) is 0. The van der Waals surface area contributed by atoms with E-state index in [0.717, 1.165) is 19.6 Å². The molecule has 0 aliphatic carbocycles. The second-order valence-electron chi connectivity index (χ2n) is 5.13. The van der Waals surface area contributed by atoms with E-state index < -0.39 is 0 Å². The van der Waals surface area contributed by atoms with Crippen LogP contribution in [0.1, 0.15) is 65.7 Å². The molecule has 0 aromatic carbocycles. The van der Waals surface area contributed by atoms with E-state index >= 15 is 0 Å². The molecule has 2 heteroatoms. The topological polar surface area (TPSA) is 21.3 Å². The van der Waals surface area contributed by atoms with Crippen LogP contribution in [-0.4, -0.2) is 24.8 Å². The van der Waals surface area contributed by atoms with Crippen molar-refractivity contribution in [2.75, 3.05) is 13.2 Å². The summed E-state index contributed by atoms with van der Waals surface area (Å²) in [7, 11) is 0. The van der Waals surface area contributed by atoms with Gasteiger partial charge in [-0.2, -0.15) is 0 Å². The highest BCUT2D eigenvalue weighted by Gasteiger charge is 2.34. The number of rotatable bonds is 7. The number of hydrogen-bond acceptors (Lipinski definition) is 2. The Morgan fingerprint density at radius 3 is 2.69 bits per heavy atom. The van der Waals surface area contributed by atoms with E-state index in [1.165, 1.54) is 38.5 Å². The quantitative estimate of drug-likeness (QED) is 0.718. The van der Waals surface area contributed by atoms with Crippen LogP contribution in [0.4, 0.5) is 0 Å². The van der Waals surface area contributed by atoms with Crippen LogP contribution in [-0.2, 0) is 4.74 Å². The third-order valence-corrected chi connectivity index (χ3v) is 3.81. The molecule has 2 atom stereocenters. The van der Waals surface area contributed by atoms with Crippen LogP contribution in [0.5, 0.6) is 0 Å². The summed E-state index contributed by atoms with van der Waals surface area (Å²) < 4.78 is 6.09. The zero-order valence-electron chi connectivity index (χ0n) is 11.3. The van der Waals surface area contributed by atoms with E-state index in [2.05, 4.69) is 26.1 Å². The highest BCUT2D eigenvalue weighted by Crippen LogP contribution is 2.33. The first-order chi connectivity index (χ1) is 7.76. The van der Waals surface area contributed by atoms with Crippen LogP contribution in [0.3, 0.4) is 0 Å². The zero-order valence-corrected chi connectivity index (χ0v) is 11.3. The number of hydrogen-bond donors (Lipinski definition) is 1. The summed E-state index contributed by atoms with van der Waals surface area (Å²) in [5, 5.41) is 3.66. The smallest absolute Gasteiger partial charge is 0.0694 e. The van der Waals surface area contributed by atoms with Crippen molar-refractivity contribution in [2.24, 2.45) is 0 Å². The summed E-state index contributed by atoms with van der Waals surface area (Å²) >= 11 is 0. The maximum Gasteiger partial charge on any atom is 0.0694 e. The predicted octanol–water partition coefficient (Wildman–Crippen LogP) is 3.50. The third-order valence-electron chi connectivity index (χ3n) is 3.81. The molecule has 2 unspecified atom stereocenters. The average Bonchev–Trinajstić information content (AvgIpc) is 2.34. The summed E-state index contributed by atoms with van der Waals surface area (Å²) in [5.41, 5.74) is 0.180. The highest BCUT2D eigenvalue weighted by molar-refractivity contribution is 4.88. The maximum atomic E-state index is 6.09. The first kappa shape index (κ1) is 14.0. The van der Waals surface area contributed by atoms with Gasteiger partial charge in [-0.05, 0) is 38.6 Å². The van der Waals surface area contributed by atoms with E-state index in [-0.39, 0.29) is 5.60 Å². The molecule has 0 aromatic rings. The molecular weight excluding hydrogens is 198 g/mol. The van der Waals surface area contributed by atoms with E-state index in [1.54, 1.807) is 0 Å². The Hall–Kier alpha value is -0.0800. The highest BCUT2D eigenvalue weighted by atomic mass is 16.5. The molecule has 0 amide bonds. The second kappa shape index (κ2) is 7.29. The van der Waals surface area contributed by atoms with Crippen molar-refractivity contribution in [1.29, 1.82) is 0 Å². The maximum absolute atomic E-state index is 6.09. The van der Waals surface area contributed by atoms with Crippen molar-refractivity contribution in [3.63, 3.8) is 0 Å². The summed E-state index contributed by atoms with van der Waals surface area (Å²) in [6.07, 6.45) is 8.61. The Labute approximate surface area is 101 Å². The van der Waals surface area contributed by atoms with Gasteiger partial charge in [0, 0.05) is 12.6 Å². The lowest BCUT2D eigenvalue weighted by atomic mass is 9.84. The van der Waals surface area contributed by atoms with Gasteiger partial charge in [-0.3, -0.25) is 0 Å². The molecule has 0 radical (unpaired) electrons. The fraction of sp³-hybridized carbons (Fsp3) is 1.00. The minimum absolute atomic E-state index is 0.180. The molecule has 0 spiro atoms. The standard InChI is InChI=1S/C14H29NO/c1-4-7-9-14(6-3)12-13(8-11-16-14)15-10-5-2/h13,15H,4-12H2,1-3H3. The van der Waals surface area contributed by atoms with Gasteiger partial charge in [0.05, 0.1) is 5.60 Å². The van der Waals surface area contributed by atoms with E-state index in [4.69, 9.17) is 4.74 Å². The van der Waals surface area contributed by atoms with Gasteiger partial charge in [-0.1, -0.05) is 33.6 Å². The lowest BCUT2D eigenvalue weighted by Crippen LogP contribution is -2.47. The lowest BCUT2D eigenvalue weighted by molar-refractivity contribution is -0.0967. The van der Waals surface area contributed by atoms with Gasteiger partial charge in [0.15, 0.2) is 0 Å². The van der Waals surface area contributed by atoms with Crippen LogP contribution in [0.25, 0.3) is 0 Å². The molecule has 96 valence electrons.